The van der Waals surface area contributed by atoms with Gasteiger partial charge in [0.25, 0.3) is 5.91 Å². The van der Waals surface area contributed by atoms with Gasteiger partial charge in [-0.25, -0.2) is 4.79 Å². The van der Waals surface area contributed by atoms with E-state index in [1.165, 1.54) is 6.08 Å². The second-order valence-corrected chi connectivity index (χ2v) is 7.19. The first-order valence-corrected chi connectivity index (χ1v) is 9.65. The van der Waals surface area contributed by atoms with E-state index in [9.17, 15) is 14.9 Å². The molecule has 0 aliphatic rings. The number of benzene rings is 1. The number of esters is 1. The van der Waals surface area contributed by atoms with E-state index in [4.69, 9.17) is 9.47 Å². The van der Waals surface area contributed by atoms with Crippen LogP contribution < -0.4 is 5.32 Å². The van der Waals surface area contributed by atoms with Gasteiger partial charge in [-0.1, -0.05) is 22.0 Å². The van der Waals surface area contributed by atoms with Crippen LogP contribution in [0.5, 0.6) is 0 Å². The predicted molar refractivity (Wildman–Crippen MR) is 113 cm³/mol. The van der Waals surface area contributed by atoms with E-state index >= 15 is 0 Å². The molecule has 0 aliphatic carbocycles. The van der Waals surface area contributed by atoms with Gasteiger partial charge in [-0.05, 0) is 49.8 Å². The number of aromatic nitrogens is 1. The zero-order valence-electron chi connectivity index (χ0n) is 16.5. The van der Waals surface area contributed by atoms with E-state index in [2.05, 4.69) is 21.2 Å². The molecule has 0 spiro atoms. The van der Waals surface area contributed by atoms with Crippen molar-refractivity contribution in [2.75, 3.05) is 25.6 Å². The van der Waals surface area contributed by atoms with Crippen LogP contribution in [-0.4, -0.2) is 36.8 Å². The zero-order valence-corrected chi connectivity index (χ0v) is 18.1. The molecule has 0 aliphatic heterocycles. The molecule has 1 amide bonds. The lowest BCUT2D eigenvalue weighted by atomic mass is 10.1. The Hall–Kier alpha value is -2.89. The summed E-state index contributed by atoms with van der Waals surface area (Å²) in [4.78, 5) is 24.2. The summed E-state index contributed by atoms with van der Waals surface area (Å²) in [7, 11) is 1.63. The summed E-state index contributed by atoms with van der Waals surface area (Å²) in [6.07, 6.45) is 1.47. The quantitative estimate of drug-likeness (QED) is 0.369. The summed E-state index contributed by atoms with van der Waals surface area (Å²) in [5, 5.41) is 12.0. The minimum atomic E-state index is -0.849. The first-order chi connectivity index (χ1) is 13.8. The third-order valence-corrected chi connectivity index (χ3v) is 4.71. The molecule has 1 N–H and O–H groups in total. The van der Waals surface area contributed by atoms with E-state index < -0.39 is 18.5 Å². The Morgan fingerprint density at radius 1 is 1.31 bits per heavy atom. The maximum atomic E-state index is 12.2. The molecule has 1 aromatic carbocycles. The van der Waals surface area contributed by atoms with Crippen LogP contribution in [0.1, 0.15) is 17.0 Å². The number of nitrogens with one attached hydrogen (secondary N) is 1. The number of ether oxygens (including phenoxy) is 2. The zero-order chi connectivity index (χ0) is 21.4. The highest BCUT2D eigenvalue weighted by molar-refractivity contribution is 9.10. The number of aryl methyl sites for hydroxylation is 1. The number of hydrogen-bond donors (Lipinski definition) is 1. The topological polar surface area (TPSA) is 93.3 Å². The Balaban J connectivity index is 2.03. The van der Waals surface area contributed by atoms with Crippen molar-refractivity contribution in [2.24, 2.45) is 0 Å². The number of carbonyl (C=O) groups is 2. The van der Waals surface area contributed by atoms with Gasteiger partial charge >= 0.3 is 5.97 Å². The Kier molecular flexibility index (Phi) is 8.19. The molecule has 1 aromatic heterocycles. The first kappa shape index (κ1) is 22.4. The number of halogens is 1. The van der Waals surface area contributed by atoms with Gasteiger partial charge in [0, 0.05) is 35.2 Å². The number of amides is 1. The maximum absolute atomic E-state index is 12.2. The molecule has 0 fully saturated rings. The molecule has 2 aromatic rings. The summed E-state index contributed by atoms with van der Waals surface area (Å²) in [6, 6.07) is 10.8. The second-order valence-electron chi connectivity index (χ2n) is 6.28. The number of nitrogens with zero attached hydrogens (tertiary/aromatic N) is 2. The van der Waals surface area contributed by atoms with Gasteiger partial charge in [-0.2, -0.15) is 5.26 Å². The number of rotatable bonds is 8. The Bertz CT molecular complexity index is 973. The smallest absolute Gasteiger partial charge is 0.349 e. The minimum absolute atomic E-state index is 0.174. The van der Waals surface area contributed by atoms with Gasteiger partial charge in [0.15, 0.2) is 6.61 Å². The van der Waals surface area contributed by atoms with Crippen molar-refractivity contribution >= 4 is 39.6 Å². The summed E-state index contributed by atoms with van der Waals surface area (Å²) < 4.78 is 13.0. The van der Waals surface area contributed by atoms with Gasteiger partial charge in [0.05, 0.1) is 6.61 Å². The molecule has 7 nitrogen and oxygen atoms in total. The largest absolute Gasteiger partial charge is 0.451 e. The molecule has 0 atom stereocenters. The molecule has 0 saturated heterocycles. The Morgan fingerprint density at radius 2 is 2.07 bits per heavy atom. The van der Waals surface area contributed by atoms with Crippen LogP contribution in [0.4, 0.5) is 5.69 Å². The second kappa shape index (κ2) is 10.6. The maximum Gasteiger partial charge on any atom is 0.349 e. The molecule has 152 valence electrons. The third-order valence-electron chi connectivity index (χ3n) is 4.21. The van der Waals surface area contributed by atoms with E-state index in [1.807, 2.05) is 36.6 Å². The van der Waals surface area contributed by atoms with Gasteiger partial charge in [0.1, 0.15) is 11.6 Å². The van der Waals surface area contributed by atoms with Crippen LogP contribution in [0, 0.1) is 25.2 Å². The van der Waals surface area contributed by atoms with Crippen LogP contribution in [0.25, 0.3) is 6.08 Å². The molecule has 8 heteroatoms. The number of methoxy groups -OCH3 is 1. The van der Waals surface area contributed by atoms with Crippen molar-refractivity contribution in [1.29, 1.82) is 5.26 Å². The molecule has 0 bridgehead atoms. The molecule has 2 rings (SSSR count). The fourth-order valence-electron chi connectivity index (χ4n) is 2.77. The van der Waals surface area contributed by atoms with E-state index in [-0.39, 0.29) is 5.57 Å². The standard InChI is InChI=1S/C21H22BrN3O4/c1-14-9-16(15(2)25(14)7-8-28-3)10-17(12-23)21(27)29-13-20(26)24-19-6-4-5-18(22)11-19/h4-6,9-11H,7-8,13H2,1-3H3,(H,24,26)/b17-10+. The lowest BCUT2D eigenvalue weighted by Crippen LogP contribution is -2.21. The summed E-state index contributed by atoms with van der Waals surface area (Å²) in [5.41, 5.74) is 3.04. The summed E-state index contributed by atoms with van der Waals surface area (Å²) >= 11 is 3.31. The van der Waals surface area contributed by atoms with Crippen molar-refractivity contribution in [2.45, 2.75) is 20.4 Å². The molecular formula is C21H22BrN3O4. The van der Waals surface area contributed by atoms with Crippen molar-refractivity contribution in [1.82, 2.24) is 4.57 Å². The van der Waals surface area contributed by atoms with Crippen LogP contribution in [0.15, 0.2) is 40.4 Å². The highest BCUT2D eigenvalue weighted by Gasteiger charge is 2.15. The Labute approximate surface area is 178 Å². The monoisotopic (exact) mass is 459 g/mol. The van der Waals surface area contributed by atoms with Crippen molar-refractivity contribution in [3.63, 3.8) is 0 Å². The first-order valence-electron chi connectivity index (χ1n) is 8.85. The van der Waals surface area contributed by atoms with E-state index in [0.717, 1.165) is 21.4 Å². The van der Waals surface area contributed by atoms with Crippen LogP contribution in [0.3, 0.4) is 0 Å². The van der Waals surface area contributed by atoms with Gasteiger partial charge in [-0.3, -0.25) is 4.79 Å². The predicted octanol–water partition coefficient (Wildman–Crippen LogP) is 3.60. The van der Waals surface area contributed by atoms with Crippen molar-refractivity contribution in [3.05, 3.63) is 57.3 Å². The minimum Gasteiger partial charge on any atom is -0.451 e. The van der Waals surface area contributed by atoms with Gasteiger partial charge in [-0.15, -0.1) is 0 Å². The van der Waals surface area contributed by atoms with E-state index in [0.29, 0.717) is 18.8 Å². The molecule has 29 heavy (non-hydrogen) atoms. The average Bonchev–Trinajstić information content (AvgIpc) is 2.95. The fraction of sp³-hybridized carbons (Fsp3) is 0.286. The lowest BCUT2D eigenvalue weighted by molar-refractivity contribution is -0.142. The molecule has 0 unspecified atom stereocenters. The number of hydrogen-bond acceptors (Lipinski definition) is 5. The highest BCUT2D eigenvalue weighted by Crippen LogP contribution is 2.19. The van der Waals surface area contributed by atoms with Crippen LogP contribution in [0.2, 0.25) is 0 Å². The normalized spacial score (nSPS) is 11.1. The van der Waals surface area contributed by atoms with Crippen LogP contribution in [-0.2, 0) is 25.6 Å². The number of carbonyl (C=O) groups excluding carboxylic acids is 2. The van der Waals surface area contributed by atoms with Gasteiger partial charge < -0.3 is 19.4 Å². The molecule has 0 radical (unpaired) electrons. The Morgan fingerprint density at radius 3 is 2.72 bits per heavy atom. The van der Waals surface area contributed by atoms with Crippen molar-refractivity contribution < 1.29 is 19.1 Å². The summed E-state index contributed by atoms with van der Waals surface area (Å²) in [6.45, 7) is 4.58. The number of nitriles is 1. The van der Waals surface area contributed by atoms with Crippen molar-refractivity contribution in [3.8, 4) is 6.07 Å². The molecular weight excluding hydrogens is 438 g/mol. The third kappa shape index (κ3) is 6.31. The molecule has 1 heterocycles. The van der Waals surface area contributed by atoms with Crippen LogP contribution >= 0.6 is 15.9 Å². The SMILES string of the molecule is COCCn1c(C)cc(/C=C(\C#N)C(=O)OCC(=O)Nc2cccc(Br)c2)c1C. The highest BCUT2D eigenvalue weighted by atomic mass is 79.9. The average molecular weight is 460 g/mol. The molecule has 0 saturated carbocycles. The van der Waals surface area contributed by atoms with Gasteiger partial charge in [0.2, 0.25) is 0 Å². The number of anilines is 1. The fourth-order valence-corrected chi connectivity index (χ4v) is 3.16. The van der Waals surface area contributed by atoms with E-state index in [1.54, 1.807) is 25.3 Å². The summed E-state index contributed by atoms with van der Waals surface area (Å²) in [5.74, 6) is -1.34. The lowest BCUT2D eigenvalue weighted by Gasteiger charge is -2.08.